The number of aliphatic hydroxyl groups is 1. The fourth-order valence-electron chi connectivity index (χ4n) is 4.71. The number of carbonyl (C=O) groups is 2. The molecule has 36 heavy (non-hydrogen) atoms. The van der Waals surface area contributed by atoms with Crippen molar-refractivity contribution < 1.29 is 24.2 Å². The molecule has 1 fully saturated rings. The highest BCUT2D eigenvalue weighted by molar-refractivity contribution is 6.46. The third kappa shape index (κ3) is 4.30. The second-order valence-electron chi connectivity index (χ2n) is 9.19. The molecule has 1 aliphatic rings. The van der Waals surface area contributed by atoms with Gasteiger partial charge in [0.1, 0.15) is 11.3 Å². The maximum Gasteiger partial charge on any atom is 0.295 e. The number of fused-ring (bicyclic) bond motifs is 1. The zero-order valence-electron chi connectivity index (χ0n) is 21.5. The van der Waals surface area contributed by atoms with Crippen molar-refractivity contribution in [1.82, 2.24) is 19.2 Å². The van der Waals surface area contributed by atoms with Crippen LogP contribution in [0.4, 0.5) is 0 Å². The number of Topliss-reactive ketones (excluding diaryl/α,β-unsaturated/α-hetero) is 1. The molecule has 1 atom stereocenters. The van der Waals surface area contributed by atoms with E-state index in [9.17, 15) is 14.7 Å². The maximum atomic E-state index is 13.4. The number of nitrogens with zero attached hydrogens (tertiary/aromatic N) is 4. The van der Waals surface area contributed by atoms with E-state index in [-0.39, 0.29) is 17.0 Å². The molecule has 1 saturated heterocycles. The molecule has 190 valence electrons. The minimum Gasteiger partial charge on any atom is -0.505 e. The van der Waals surface area contributed by atoms with Gasteiger partial charge in [-0.25, -0.2) is 4.98 Å². The largest absolute Gasteiger partial charge is 0.505 e. The van der Waals surface area contributed by atoms with Gasteiger partial charge >= 0.3 is 0 Å². The molecular weight excluding hydrogens is 460 g/mol. The molecule has 0 spiro atoms. The summed E-state index contributed by atoms with van der Waals surface area (Å²) >= 11 is 0. The first-order chi connectivity index (χ1) is 17.2. The number of ether oxygens (including phenoxy) is 2. The standard InChI is InChI=1S/C27H32N4O5/c1-16-9-7-13-30-17(2)22(28-26(16)30)24(32)21-23(18-10-11-19(35-5)20(15-18)36-6)31(27(34)25(21)33)14-8-12-29(3)4/h7,9-11,13,15,23,32H,8,12,14H2,1-6H3. The number of benzene rings is 1. The average molecular weight is 493 g/mol. The Morgan fingerprint density at radius 1 is 1.11 bits per heavy atom. The van der Waals surface area contributed by atoms with E-state index >= 15 is 0 Å². The number of aryl methyl sites for hydroxylation is 2. The molecule has 0 saturated carbocycles. The third-order valence-corrected chi connectivity index (χ3v) is 6.58. The first-order valence-electron chi connectivity index (χ1n) is 11.8. The molecule has 0 radical (unpaired) electrons. The molecule has 3 heterocycles. The molecule has 2 aromatic heterocycles. The van der Waals surface area contributed by atoms with E-state index in [1.165, 1.54) is 12.0 Å². The van der Waals surface area contributed by atoms with E-state index in [1.807, 2.05) is 55.6 Å². The van der Waals surface area contributed by atoms with Crippen LogP contribution in [-0.4, -0.2) is 77.4 Å². The topological polar surface area (TPSA) is 96.6 Å². The van der Waals surface area contributed by atoms with Gasteiger partial charge in [-0.05, 0) is 70.2 Å². The lowest BCUT2D eigenvalue weighted by molar-refractivity contribution is -0.139. The number of methoxy groups -OCH3 is 2. The fraction of sp³-hybridized carbons (Fsp3) is 0.370. The van der Waals surface area contributed by atoms with Crippen LogP contribution in [0.2, 0.25) is 0 Å². The predicted octanol–water partition coefficient (Wildman–Crippen LogP) is 3.34. The maximum absolute atomic E-state index is 13.4. The van der Waals surface area contributed by atoms with Gasteiger partial charge in [-0.1, -0.05) is 12.1 Å². The van der Waals surface area contributed by atoms with Gasteiger partial charge < -0.3 is 28.8 Å². The van der Waals surface area contributed by atoms with Crippen molar-refractivity contribution in [3.8, 4) is 11.5 Å². The highest BCUT2D eigenvalue weighted by Gasteiger charge is 2.46. The van der Waals surface area contributed by atoms with Gasteiger partial charge in [0.25, 0.3) is 11.7 Å². The summed E-state index contributed by atoms with van der Waals surface area (Å²) in [5.41, 5.74) is 3.22. The summed E-state index contributed by atoms with van der Waals surface area (Å²) in [5.74, 6) is -0.673. The molecule has 0 bridgehead atoms. The molecule has 1 N–H and O–H groups in total. The number of hydrogen-bond donors (Lipinski definition) is 1. The number of pyridine rings is 1. The molecule has 1 amide bonds. The summed E-state index contributed by atoms with van der Waals surface area (Å²) < 4.78 is 12.7. The smallest absolute Gasteiger partial charge is 0.295 e. The number of carbonyl (C=O) groups excluding carboxylic acids is 2. The summed E-state index contributed by atoms with van der Waals surface area (Å²) in [6.07, 6.45) is 2.52. The van der Waals surface area contributed by atoms with Gasteiger partial charge in [0, 0.05) is 12.7 Å². The van der Waals surface area contributed by atoms with Crippen LogP contribution in [0.1, 0.15) is 35.0 Å². The number of ketones is 1. The van der Waals surface area contributed by atoms with Crippen molar-refractivity contribution in [2.24, 2.45) is 0 Å². The van der Waals surface area contributed by atoms with Crippen LogP contribution >= 0.6 is 0 Å². The monoisotopic (exact) mass is 492 g/mol. The lowest BCUT2D eigenvalue weighted by Crippen LogP contribution is -2.32. The molecule has 0 aliphatic carbocycles. The minimum atomic E-state index is -0.794. The van der Waals surface area contributed by atoms with Crippen molar-refractivity contribution in [3.63, 3.8) is 0 Å². The minimum absolute atomic E-state index is 0.0150. The van der Waals surface area contributed by atoms with Crippen LogP contribution in [-0.2, 0) is 9.59 Å². The van der Waals surface area contributed by atoms with E-state index < -0.39 is 17.7 Å². The Balaban J connectivity index is 1.90. The molecular formula is C27H32N4O5. The molecule has 1 unspecified atom stereocenters. The summed E-state index contributed by atoms with van der Waals surface area (Å²) in [4.78, 5) is 34.8. The Bertz CT molecular complexity index is 1360. The first kappa shape index (κ1) is 25.2. The van der Waals surface area contributed by atoms with Gasteiger partial charge in [-0.2, -0.15) is 0 Å². The van der Waals surface area contributed by atoms with Crippen molar-refractivity contribution >= 4 is 23.1 Å². The fourth-order valence-corrected chi connectivity index (χ4v) is 4.71. The van der Waals surface area contributed by atoms with Gasteiger partial charge in [-0.15, -0.1) is 0 Å². The highest BCUT2D eigenvalue weighted by atomic mass is 16.5. The summed E-state index contributed by atoms with van der Waals surface area (Å²) in [5, 5.41) is 11.5. The highest BCUT2D eigenvalue weighted by Crippen LogP contribution is 2.42. The lowest BCUT2D eigenvalue weighted by atomic mass is 9.96. The summed E-state index contributed by atoms with van der Waals surface area (Å²) in [7, 11) is 6.97. The van der Waals surface area contributed by atoms with Gasteiger partial charge in [0.15, 0.2) is 17.3 Å². The van der Waals surface area contributed by atoms with Crippen molar-refractivity contribution in [2.45, 2.75) is 26.3 Å². The average Bonchev–Trinajstić information content (AvgIpc) is 3.33. The number of aliphatic hydroxyl groups excluding tert-OH is 1. The van der Waals surface area contributed by atoms with Gasteiger partial charge in [0.2, 0.25) is 0 Å². The number of rotatable bonds is 8. The first-order valence-corrected chi connectivity index (χ1v) is 11.8. The van der Waals surface area contributed by atoms with Crippen molar-refractivity contribution in [2.75, 3.05) is 41.4 Å². The summed E-state index contributed by atoms with van der Waals surface area (Å²) in [6, 6.07) is 8.28. The van der Waals surface area contributed by atoms with E-state index in [4.69, 9.17) is 9.47 Å². The van der Waals surface area contributed by atoms with Crippen LogP contribution in [0, 0.1) is 13.8 Å². The Morgan fingerprint density at radius 2 is 1.83 bits per heavy atom. The Hall–Kier alpha value is -3.85. The Kier molecular flexibility index (Phi) is 7.03. The Morgan fingerprint density at radius 3 is 2.47 bits per heavy atom. The van der Waals surface area contributed by atoms with Crippen molar-refractivity contribution in [3.05, 3.63) is 64.6 Å². The number of amides is 1. The van der Waals surface area contributed by atoms with E-state index in [1.54, 1.807) is 25.3 Å². The third-order valence-electron chi connectivity index (χ3n) is 6.58. The predicted molar refractivity (Wildman–Crippen MR) is 136 cm³/mol. The van der Waals surface area contributed by atoms with Crippen molar-refractivity contribution in [1.29, 1.82) is 0 Å². The SMILES string of the molecule is COc1ccc(C2C(=C(O)c3nc4c(C)cccn4c3C)C(=O)C(=O)N2CCCN(C)C)cc1OC. The number of likely N-dealkylation sites (tertiary alicyclic amines) is 1. The van der Waals surface area contributed by atoms with Crippen LogP contribution in [0.15, 0.2) is 42.1 Å². The number of aromatic nitrogens is 2. The molecule has 4 rings (SSSR count). The molecule has 9 heteroatoms. The molecule has 1 aromatic carbocycles. The molecule has 3 aromatic rings. The molecule has 9 nitrogen and oxygen atoms in total. The quantitative estimate of drug-likeness (QED) is 0.293. The normalized spacial score (nSPS) is 17.4. The Labute approximate surface area is 210 Å². The van der Waals surface area contributed by atoms with Crippen LogP contribution in [0.5, 0.6) is 11.5 Å². The lowest BCUT2D eigenvalue weighted by Gasteiger charge is -2.26. The van der Waals surface area contributed by atoms with E-state index in [0.29, 0.717) is 41.4 Å². The van der Waals surface area contributed by atoms with E-state index in [2.05, 4.69) is 4.98 Å². The number of hydrogen-bond acceptors (Lipinski definition) is 7. The van der Waals surface area contributed by atoms with Crippen LogP contribution < -0.4 is 9.47 Å². The van der Waals surface area contributed by atoms with Crippen LogP contribution in [0.25, 0.3) is 11.4 Å². The van der Waals surface area contributed by atoms with Gasteiger partial charge in [-0.3, -0.25) is 9.59 Å². The zero-order valence-corrected chi connectivity index (χ0v) is 21.5. The van der Waals surface area contributed by atoms with Crippen LogP contribution in [0.3, 0.4) is 0 Å². The zero-order chi connectivity index (χ0) is 26.1. The van der Waals surface area contributed by atoms with E-state index in [0.717, 1.165) is 12.1 Å². The summed E-state index contributed by atoms with van der Waals surface area (Å²) in [6.45, 7) is 4.85. The van der Waals surface area contributed by atoms with Gasteiger partial charge in [0.05, 0.1) is 31.5 Å². The molecule has 1 aliphatic heterocycles. The second kappa shape index (κ2) is 10.0. The number of imidazole rings is 1. The second-order valence-corrected chi connectivity index (χ2v) is 9.19.